The predicted octanol–water partition coefficient (Wildman–Crippen LogP) is 4.00. The molecule has 0 aromatic heterocycles. The molecule has 3 heteroatoms. The minimum absolute atomic E-state index is 0.127. The standard InChI is InChI=1S/C18H28O3/c1-5-11-16(14-15-12-9-8-10-13-15)18(6-2,21-7-3)17(19)20-4/h8-10,12-13,16H,5-7,11,14H2,1-4H3. The summed E-state index contributed by atoms with van der Waals surface area (Å²) in [5.74, 6) is -0.122. The zero-order valence-corrected chi connectivity index (χ0v) is 13.7. The normalized spacial score (nSPS) is 15.2. The van der Waals surface area contributed by atoms with Crippen LogP contribution in [0.3, 0.4) is 0 Å². The highest BCUT2D eigenvalue weighted by Crippen LogP contribution is 2.34. The van der Waals surface area contributed by atoms with E-state index in [1.54, 1.807) is 0 Å². The second kappa shape index (κ2) is 8.83. The van der Waals surface area contributed by atoms with Crippen LogP contribution >= 0.6 is 0 Å². The molecule has 0 N–H and O–H groups in total. The van der Waals surface area contributed by atoms with Crippen LogP contribution in [0.4, 0.5) is 0 Å². The number of rotatable bonds is 9. The molecule has 0 spiro atoms. The zero-order valence-electron chi connectivity index (χ0n) is 13.7. The third-order valence-electron chi connectivity index (χ3n) is 4.08. The van der Waals surface area contributed by atoms with E-state index in [9.17, 15) is 4.79 Å². The summed E-state index contributed by atoms with van der Waals surface area (Å²) in [6.07, 6.45) is 3.42. The molecule has 0 saturated carbocycles. The Kier molecular flexibility index (Phi) is 7.44. The number of hydrogen-bond donors (Lipinski definition) is 0. The van der Waals surface area contributed by atoms with E-state index < -0.39 is 5.60 Å². The second-order valence-corrected chi connectivity index (χ2v) is 5.34. The van der Waals surface area contributed by atoms with Crippen LogP contribution in [0, 0.1) is 5.92 Å². The molecule has 0 aliphatic heterocycles. The molecular weight excluding hydrogens is 264 g/mol. The van der Waals surface area contributed by atoms with E-state index >= 15 is 0 Å². The Hall–Kier alpha value is -1.35. The Balaban J connectivity index is 3.09. The van der Waals surface area contributed by atoms with E-state index in [1.165, 1.54) is 12.7 Å². The fourth-order valence-electron chi connectivity index (χ4n) is 3.06. The molecule has 0 bridgehead atoms. The highest BCUT2D eigenvalue weighted by molar-refractivity contribution is 5.80. The first-order valence-corrected chi connectivity index (χ1v) is 7.90. The molecular formula is C18H28O3. The molecule has 0 fully saturated rings. The highest BCUT2D eigenvalue weighted by Gasteiger charge is 2.45. The lowest BCUT2D eigenvalue weighted by Gasteiger charge is -2.37. The van der Waals surface area contributed by atoms with Crippen LogP contribution in [0.5, 0.6) is 0 Å². The highest BCUT2D eigenvalue weighted by atomic mass is 16.6. The van der Waals surface area contributed by atoms with Gasteiger partial charge in [-0.15, -0.1) is 0 Å². The van der Waals surface area contributed by atoms with Gasteiger partial charge < -0.3 is 9.47 Å². The summed E-state index contributed by atoms with van der Waals surface area (Å²) in [4.78, 5) is 12.4. The van der Waals surface area contributed by atoms with E-state index in [0.717, 1.165) is 19.3 Å². The second-order valence-electron chi connectivity index (χ2n) is 5.34. The van der Waals surface area contributed by atoms with E-state index in [2.05, 4.69) is 19.1 Å². The van der Waals surface area contributed by atoms with Crippen LogP contribution in [0.1, 0.15) is 45.6 Å². The smallest absolute Gasteiger partial charge is 0.338 e. The summed E-state index contributed by atoms with van der Waals surface area (Å²) in [5, 5.41) is 0. The van der Waals surface area contributed by atoms with Crippen molar-refractivity contribution in [2.45, 2.75) is 52.1 Å². The van der Waals surface area contributed by atoms with Crippen molar-refractivity contribution in [2.75, 3.05) is 13.7 Å². The molecule has 3 nitrogen and oxygen atoms in total. The fourth-order valence-corrected chi connectivity index (χ4v) is 3.06. The van der Waals surface area contributed by atoms with Gasteiger partial charge in [0.2, 0.25) is 0 Å². The van der Waals surface area contributed by atoms with Crippen LogP contribution in [0.15, 0.2) is 30.3 Å². The number of methoxy groups -OCH3 is 1. The Labute approximate surface area is 128 Å². The third kappa shape index (κ3) is 4.31. The topological polar surface area (TPSA) is 35.5 Å². The van der Waals surface area contributed by atoms with Gasteiger partial charge in [0.15, 0.2) is 5.60 Å². The number of ether oxygens (including phenoxy) is 2. The number of carbonyl (C=O) groups is 1. The molecule has 1 aromatic rings. The van der Waals surface area contributed by atoms with Crippen LogP contribution in [0.2, 0.25) is 0 Å². The number of esters is 1. The van der Waals surface area contributed by atoms with Crippen molar-refractivity contribution in [2.24, 2.45) is 5.92 Å². The van der Waals surface area contributed by atoms with Gasteiger partial charge in [0.05, 0.1) is 7.11 Å². The van der Waals surface area contributed by atoms with E-state index in [4.69, 9.17) is 9.47 Å². The van der Waals surface area contributed by atoms with Crippen LogP contribution < -0.4 is 0 Å². The molecule has 0 heterocycles. The summed E-state index contributed by atoms with van der Waals surface area (Å²) in [6.45, 7) is 6.58. The van der Waals surface area contributed by atoms with Gasteiger partial charge in [0, 0.05) is 12.5 Å². The summed E-state index contributed by atoms with van der Waals surface area (Å²) in [7, 11) is 1.44. The first-order valence-electron chi connectivity index (χ1n) is 7.90. The molecule has 0 amide bonds. The zero-order chi connectivity index (χ0) is 15.7. The van der Waals surface area contributed by atoms with E-state index in [0.29, 0.717) is 13.0 Å². The molecule has 0 radical (unpaired) electrons. The summed E-state index contributed by atoms with van der Waals surface area (Å²) < 4.78 is 11.0. The van der Waals surface area contributed by atoms with Gasteiger partial charge in [0.25, 0.3) is 0 Å². The Morgan fingerprint density at radius 3 is 2.33 bits per heavy atom. The average Bonchev–Trinajstić information content (AvgIpc) is 2.52. The van der Waals surface area contributed by atoms with Gasteiger partial charge in [-0.25, -0.2) is 4.79 Å². The summed E-state index contributed by atoms with van der Waals surface area (Å²) in [6, 6.07) is 10.3. The van der Waals surface area contributed by atoms with E-state index in [-0.39, 0.29) is 11.9 Å². The SMILES string of the molecule is CCCC(Cc1ccccc1)C(CC)(OCC)C(=O)OC. The quantitative estimate of drug-likeness (QED) is 0.645. The Morgan fingerprint density at radius 1 is 1.19 bits per heavy atom. The monoisotopic (exact) mass is 292 g/mol. The molecule has 21 heavy (non-hydrogen) atoms. The molecule has 1 aromatic carbocycles. The minimum Gasteiger partial charge on any atom is -0.467 e. The lowest BCUT2D eigenvalue weighted by atomic mass is 9.78. The molecule has 0 aliphatic rings. The lowest BCUT2D eigenvalue weighted by Crippen LogP contribution is -2.49. The van der Waals surface area contributed by atoms with Gasteiger partial charge in [-0.3, -0.25) is 0 Å². The fraction of sp³-hybridized carbons (Fsp3) is 0.611. The van der Waals surface area contributed by atoms with Crippen molar-refractivity contribution in [1.82, 2.24) is 0 Å². The first kappa shape index (κ1) is 17.7. The summed E-state index contributed by atoms with van der Waals surface area (Å²) in [5.41, 5.74) is 0.396. The maximum atomic E-state index is 12.4. The average molecular weight is 292 g/mol. The maximum Gasteiger partial charge on any atom is 0.338 e. The van der Waals surface area contributed by atoms with Gasteiger partial charge in [0.1, 0.15) is 0 Å². The Bertz CT molecular complexity index is 416. The van der Waals surface area contributed by atoms with Gasteiger partial charge in [-0.1, -0.05) is 50.6 Å². The number of benzene rings is 1. The van der Waals surface area contributed by atoms with Gasteiger partial charge >= 0.3 is 5.97 Å². The number of carbonyl (C=O) groups excluding carboxylic acids is 1. The predicted molar refractivity (Wildman–Crippen MR) is 85.2 cm³/mol. The van der Waals surface area contributed by atoms with Gasteiger partial charge in [-0.2, -0.15) is 0 Å². The van der Waals surface area contributed by atoms with Crippen molar-refractivity contribution in [3.05, 3.63) is 35.9 Å². The van der Waals surface area contributed by atoms with Crippen molar-refractivity contribution in [3.8, 4) is 0 Å². The van der Waals surface area contributed by atoms with Crippen LogP contribution in [-0.4, -0.2) is 25.3 Å². The van der Waals surface area contributed by atoms with E-state index in [1.807, 2.05) is 32.0 Å². The van der Waals surface area contributed by atoms with Crippen molar-refractivity contribution in [3.63, 3.8) is 0 Å². The van der Waals surface area contributed by atoms with Crippen molar-refractivity contribution < 1.29 is 14.3 Å². The van der Waals surface area contributed by atoms with Crippen LogP contribution in [0.25, 0.3) is 0 Å². The maximum absolute atomic E-state index is 12.4. The molecule has 1 rings (SSSR count). The largest absolute Gasteiger partial charge is 0.467 e. The van der Waals surface area contributed by atoms with Crippen molar-refractivity contribution >= 4 is 5.97 Å². The summed E-state index contributed by atoms with van der Waals surface area (Å²) >= 11 is 0. The minimum atomic E-state index is -0.838. The molecule has 2 unspecified atom stereocenters. The molecule has 0 saturated heterocycles. The Morgan fingerprint density at radius 2 is 1.86 bits per heavy atom. The molecule has 118 valence electrons. The third-order valence-corrected chi connectivity index (χ3v) is 4.08. The first-order chi connectivity index (χ1) is 10.1. The van der Waals surface area contributed by atoms with Crippen molar-refractivity contribution in [1.29, 1.82) is 0 Å². The molecule has 2 atom stereocenters. The van der Waals surface area contributed by atoms with Gasteiger partial charge in [-0.05, 0) is 31.7 Å². The molecule has 0 aliphatic carbocycles. The number of hydrogen-bond acceptors (Lipinski definition) is 3. The lowest BCUT2D eigenvalue weighted by molar-refractivity contribution is -0.179. The van der Waals surface area contributed by atoms with Crippen LogP contribution in [-0.2, 0) is 20.7 Å².